The summed E-state index contributed by atoms with van der Waals surface area (Å²) in [4.78, 5) is 9.37. The van der Waals surface area contributed by atoms with Crippen molar-refractivity contribution in [2.75, 3.05) is 11.9 Å². The second-order valence-corrected chi connectivity index (χ2v) is 5.04. The quantitative estimate of drug-likeness (QED) is 0.849. The number of hydrogen-bond donors (Lipinski definition) is 2. The van der Waals surface area contributed by atoms with E-state index in [9.17, 15) is 5.11 Å². The van der Waals surface area contributed by atoms with Crippen LogP contribution in [0.15, 0.2) is 17.8 Å². The molecule has 2 aromatic heterocycles. The molecule has 0 radical (unpaired) electrons. The monoisotopic (exact) mass is 235 g/mol. The van der Waals surface area contributed by atoms with Gasteiger partial charge in [-0.2, -0.15) is 0 Å². The molecule has 1 saturated carbocycles. The Labute approximate surface area is 97.4 Å². The van der Waals surface area contributed by atoms with Gasteiger partial charge in [0, 0.05) is 6.54 Å². The predicted octanol–water partition coefficient (Wildman–Crippen LogP) is 1.87. The van der Waals surface area contributed by atoms with Crippen LogP contribution in [0.4, 0.5) is 5.82 Å². The summed E-state index contributed by atoms with van der Waals surface area (Å²) in [7, 11) is 0. The fraction of sp³-hybridized carbons (Fsp3) is 0.455. The van der Waals surface area contributed by atoms with Crippen LogP contribution in [0.3, 0.4) is 0 Å². The van der Waals surface area contributed by atoms with E-state index < -0.39 is 0 Å². The maximum absolute atomic E-state index is 9.77. The minimum Gasteiger partial charge on any atom is -0.391 e. The smallest absolute Gasteiger partial charge is 0.138 e. The van der Waals surface area contributed by atoms with Gasteiger partial charge in [-0.25, -0.2) is 9.97 Å². The molecule has 2 heterocycles. The molecule has 1 atom stereocenters. The van der Waals surface area contributed by atoms with Gasteiger partial charge in [0.25, 0.3) is 0 Å². The molecule has 3 rings (SSSR count). The zero-order chi connectivity index (χ0) is 11.0. The van der Waals surface area contributed by atoms with Gasteiger partial charge in [0.1, 0.15) is 17.0 Å². The van der Waals surface area contributed by atoms with Crippen LogP contribution in [-0.4, -0.2) is 27.7 Å². The summed E-state index contributed by atoms with van der Waals surface area (Å²) >= 11 is 1.60. The number of hydrogen-bond acceptors (Lipinski definition) is 5. The second-order valence-electron chi connectivity index (χ2n) is 4.15. The highest BCUT2D eigenvalue weighted by Gasteiger charge is 2.29. The first-order chi connectivity index (χ1) is 7.84. The molecular weight excluding hydrogens is 222 g/mol. The molecule has 0 aromatic carbocycles. The zero-order valence-corrected chi connectivity index (χ0v) is 9.57. The largest absolute Gasteiger partial charge is 0.391 e. The van der Waals surface area contributed by atoms with Gasteiger partial charge in [0.15, 0.2) is 0 Å². The second kappa shape index (κ2) is 3.99. The van der Waals surface area contributed by atoms with Crippen LogP contribution >= 0.6 is 11.3 Å². The zero-order valence-electron chi connectivity index (χ0n) is 8.76. The van der Waals surface area contributed by atoms with Crippen LogP contribution in [0.2, 0.25) is 0 Å². The first-order valence-corrected chi connectivity index (χ1v) is 6.32. The van der Waals surface area contributed by atoms with E-state index in [0.29, 0.717) is 12.5 Å². The van der Waals surface area contributed by atoms with Crippen molar-refractivity contribution < 1.29 is 5.11 Å². The molecular formula is C11H13N3OS. The van der Waals surface area contributed by atoms with Crippen LogP contribution < -0.4 is 5.32 Å². The molecule has 0 saturated heterocycles. The van der Waals surface area contributed by atoms with Gasteiger partial charge >= 0.3 is 0 Å². The van der Waals surface area contributed by atoms with Gasteiger partial charge in [0.2, 0.25) is 0 Å². The Kier molecular flexibility index (Phi) is 2.49. The van der Waals surface area contributed by atoms with Gasteiger partial charge in [-0.1, -0.05) is 0 Å². The standard InChI is InChI=1S/C11H13N3OS/c15-9(7-1-2-7)5-12-10-8-3-4-16-11(8)14-6-13-10/h3-4,6-7,9,15H,1-2,5H2,(H,12,13,14). The number of rotatable bonds is 4. The van der Waals surface area contributed by atoms with Gasteiger partial charge < -0.3 is 10.4 Å². The van der Waals surface area contributed by atoms with Crippen molar-refractivity contribution in [1.82, 2.24) is 9.97 Å². The molecule has 0 amide bonds. The van der Waals surface area contributed by atoms with Gasteiger partial charge in [-0.05, 0) is 30.2 Å². The number of anilines is 1. The first-order valence-electron chi connectivity index (χ1n) is 5.45. The number of aliphatic hydroxyl groups excluding tert-OH is 1. The highest BCUT2D eigenvalue weighted by molar-refractivity contribution is 7.16. The van der Waals surface area contributed by atoms with Crippen molar-refractivity contribution in [2.45, 2.75) is 18.9 Å². The molecule has 1 fully saturated rings. The van der Waals surface area contributed by atoms with Crippen molar-refractivity contribution in [1.29, 1.82) is 0 Å². The molecule has 4 nitrogen and oxygen atoms in total. The normalized spacial score (nSPS) is 17.6. The minimum atomic E-state index is -0.247. The summed E-state index contributed by atoms with van der Waals surface area (Å²) in [5.41, 5.74) is 0. The van der Waals surface area contributed by atoms with Crippen LogP contribution in [0.5, 0.6) is 0 Å². The van der Waals surface area contributed by atoms with Gasteiger partial charge in [-0.3, -0.25) is 0 Å². The lowest BCUT2D eigenvalue weighted by atomic mass is 10.2. The molecule has 1 aliphatic rings. The summed E-state index contributed by atoms with van der Waals surface area (Å²) in [5, 5.41) is 16.0. The fourth-order valence-corrected chi connectivity index (χ4v) is 2.51. The van der Waals surface area contributed by atoms with E-state index in [-0.39, 0.29) is 6.10 Å². The summed E-state index contributed by atoms with van der Waals surface area (Å²) in [6.45, 7) is 0.576. The van der Waals surface area contributed by atoms with Crippen molar-refractivity contribution in [3.8, 4) is 0 Å². The number of aliphatic hydroxyl groups is 1. The molecule has 1 unspecified atom stereocenters. The van der Waals surface area contributed by atoms with Crippen molar-refractivity contribution in [2.24, 2.45) is 5.92 Å². The predicted molar refractivity (Wildman–Crippen MR) is 64.6 cm³/mol. The number of thiophene rings is 1. The van der Waals surface area contributed by atoms with E-state index in [1.807, 2.05) is 11.4 Å². The number of fused-ring (bicyclic) bond motifs is 1. The molecule has 84 valence electrons. The van der Waals surface area contributed by atoms with Crippen molar-refractivity contribution in [3.05, 3.63) is 17.8 Å². The lowest BCUT2D eigenvalue weighted by molar-refractivity contribution is 0.164. The topological polar surface area (TPSA) is 58.0 Å². The van der Waals surface area contributed by atoms with E-state index >= 15 is 0 Å². The third-order valence-electron chi connectivity index (χ3n) is 2.91. The van der Waals surface area contributed by atoms with Crippen LogP contribution in [0, 0.1) is 5.92 Å². The lowest BCUT2D eigenvalue weighted by Gasteiger charge is -2.11. The number of nitrogens with one attached hydrogen (secondary N) is 1. The van der Waals surface area contributed by atoms with E-state index in [2.05, 4.69) is 15.3 Å². The third kappa shape index (κ3) is 1.88. The highest BCUT2D eigenvalue weighted by Crippen LogP contribution is 2.32. The summed E-state index contributed by atoms with van der Waals surface area (Å²) in [5.74, 6) is 1.32. The minimum absolute atomic E-state index is 0.247. The third-order valence-corrected chi connectivity index (χ3v) is 3.73. The highest BCUT2D eigenvalue weighted by atomic mass is 32.1. The first kappa shape index (κ1) is 9.99. The van der Waals surface area contributed by atoms with Crippen LogP contribution in [0.1, 0.15) is 12.8 Å². The Bertz CT molecular complexity index is 495. The maximum atomic E-state index is 9.77. The molecule has 0 aliphatic heterocycles. The van der Waals surface area contributed by atoms with Crippen molar-refractivity contribution >= 4 is 27.4 Å². The Morgan fingerprint density at radius 2 is 2.38 bits per heavy atom. The van der Waals surface area contributed by atoms with E-state index in [1.165, 1.54) is 0 Å². The Hall–Kier alpha value is -1.20. The van der Waals surface area contributed by atoms with Gasteiger partial charge in [0.05, 0.1) is 11.5 Å². The fourth-order valence-electron chi connectivity index (χ4n) is 1.78. The Balaban J connectivity index is 1.75. The molecule has 0 bridgehead atoms. The molecule has 2 N–H and O–H groups in total. The van der Waals surface area contributed by atoms with Crippen LogP contribution in [-0.2, 0) is 0 Å². The van der Waals surface area contributed by atoms with Crippen molar-refractivity contribution in [3.63, 3.8) is 0 Å². The molecule has 1 aliphatic carbocycles. The SMILES string of the molecule is OC(CNc1ncnc2sccc12)C1CC1. The maximum Gasteiger partial charge on any atom is 0.138 e. The Morgan fingerprint density at radius 1 is 1.50 bits per heavy atom. The van der Waals surface area contributed by atoms with Crippen LogP contribution in [0.25, 0.3) is 10.2 Å². The number of aromatic nitrogens is 2. The molecule has 2 aromatic rings. The van der Waals surface area contributed by atoms with E-state index in [0.717, 1.165) is 28.9 Å². The average molecular weight is 235 g/mol. The Morgan fingerprint density at radius 3 is 3.19 bits per heavy atom. The lowest BCUT2D eigenvalue weighted by Crippen LogP contribution is -2.21. The molecule has 5 heteroatoms. The van der Waals surface area contributed by atoms with E-state index in [1.54, 1.807) is 17.7 Å². The number of nitrogens with zero attached hydrogens (tertiary/aromatic N) is 2. The van der Waals surface area contributed by atoms with Gasteiger partial charge in [-0.15, -0.1) is 11.3 Å². The molecule has 0 spiro atoms. The summed E-state index contributed by atoms with van der Waals surface area (Å²) < 4.78 is 0. The van der Waals surface area contributed by atoms with E-state index in [4.69, 9.17) is 0 Å². The molecule has 16 heavy (non-hydrogen) atoms. The summed E-state index contributed by atoms with van der Waals surface area (Å²) in [6.07, 6.45) is 3.62. The summed E-state index contributed by atoms with van der Waals surface area (Å²) in [6, 6.07) is 2.01. The average Bonchev–Trinajstić information content (AvgIpc) is 3.04.